The second kappa shape index (κ2) is 15.3. The first kappa shape index (κ1) is 33.8. The average molecular weight is 629 g/mol. The smallest absolute Gasteiger partial charge is 0.337 e. The van der Waals surface area contributed by atoms with Gasteiger partial charge < -0.3 is 29.9 Å². The van der Waals surface area contributed by atoms with Crippen molar-refractivity contribution < 1.29 is 38.8 Å². The van der Waals surface area contributed by atoms with Crippen LogP contribution in [0, 0.1) is 5.82 Å². The Hall–Kier alpha value is -5.06. The number of aliphatic hydroxyl groups is 2. The van der Waals surface area contributed by atoms with E-state index >= 15 is 0 Å². The molecule has 0 aliphatic rings. The number of aromatic nitrogens is 1. The van der Waals surface area contributed by atoms with Gasteiger partial charge in [0.1, 0.15) is 11.5 Å². The summed E-state index contributed by atoms with van der Waals surface area (Å²) in [6.07, 6.45) is -0.0873. The lowest BCUT2D eigenvalue weighted by atomic mass is 9.94. The maximum atomic E-state index is 14.2. The van der Waals surface area contributed by atoms with Crippen LogP contribution in [0.1, 0.15) is 64.8 Å². The van der Waals surface area contributed by atoms with Gasteiger partial charge in [0.05, 0.1) is 31.3 Å². The number of carbonyl (C=O) groups is 3. The number of rotatable bonds is 13. The quantitative estimate of drug-likeness (QED) is 0.136. The molecular formula is C36H37FN2O7. The first-order valence-corrected chi connectivity index (χ1v) is 14.8. The molecule has 0 fully saturated rings. The van der Waals surface area contributed by atoms with E-state index in [1.165, 1.54) is 25.3 Å². The number of carboxylic acids is 1. The van der Waals surface area contributed by atoms with Crippen LogP contribution in [0.4, 0.5) is 4.39 Å². The molecule has 1 heterocycles. The van der Waals surface area contributed by atoms with Crippen molar-refractivity contribution in [3.8, 4) is 22.3 Å². The van der Waals surface area contributed by atoms with Gasteiger partial charge in [-0.3, -0.25) is 9.59 Å². The van der Waals surface area contributed by atoms with Crippen LogP contribution in [0.5, 0.6) is 0 Å². The number of halogens is 1. The van der Waals surface area contributed by atoms with E-state index in [0.717, 1.165) is 5.56 Å². The molecule has 10 heteroatoms. The number of nitrogens with zero attached hydrogens (tertiary/aromatic N) is 1. The summed E-state index contributed by atoms with van der Waals surface area (Å²) in [6, 6.07) is 21.7. The number of carboxylic acid groups (broad SMARTS) is 1. The number of esters is 1. The molecule has 0 unspecified atom stereocenters. The number of aliphatic hydroxyl groups excluding tert-OH is 2. The Morgan fingerprint density at radius 2 is 1.61 bits per heavy atom. The molecule has 0 radical (unpaired) electrons. The summed E-state index contributed by atoms with van der Waals surface area (Å²) < 4.78 is 20.7. The Morgan fingerprint density at radius 3 is 2.24 bits per heavy atom. The third-order valence-corrected chi connectivity index (χ3v) is 7.37. The summed E-state index contributed by atoms with van der Waals surface area (Å²) >= 11 is 0. The van der Waals surface area contributed by atoms with Gasteiger partial charge in [-0.15, -0.1) is 0 Å². The lowest BCUT2D eigenvalue weighted by Gasteiger charge is -2.17. The zero-order chi connectivity index (χ0) is 33.4. The van der Waals surface area contributed by atoms with Gasteiger partial charge in [-0.25, -0.2) is 9.18 Å². The Bertz CT molecular complexity index is 1710. The number of benzene rings is 3. The standard InChI is InChI=1S/C36H37FN2O7/c1-22(2)39-30(17-16-28(40)19-29(41)20-31(42)43)32(25-12-14-27(37)15-13-25)33(24-9-5-4-6-10-24)34(39)35(44)38-21-23-8-7-11-26(18-23)36(45)46-3/h4-18,22,28-29,40-41H,19-21H2,1-3H3,(H,38,44)(H,42,43)/t28-,29-/m1/s1. The number of hydrogen-bond donors (Lipinski definition) is 4. The van der Waals surface area contributed by atoms with Crippen molar-refractivity contribution in [2.75, 3.05) is 7.11 Å². The first-order valence-electron chi connectivity index (χ1n) is 14.8. The maximum Gasteiger partial charge on any atom is 0.337 e. The molecule has 0 aliphatic heterocycles. The van der Waals surface area contributed by atoms with Crippen LogP contribution >= 0.6 is 0 Å². The third kappa shape index (κ3) is 8.15. The molecule has 2 atom stereocenters. The van der Waals surface area contributed by atoms with Gasteiger partial charge in [0.2, 0.25) is 0 Å². The molecule has 0 saturated heterocycles. The van der Waals surface area contributed by atoms with Gasteiger partial charge in [-0.05, 0) is 60.9 Å². The van der Waals surface area contributed by atoms with E-state index in [-0.39, 0.29) is 19.0 Å². The Balaban J connectivity index is 1.88. The summed E-state index contributed by atoms with van der Waals surface area (Å²) in [7, 11) is 1.30. The van der Waals surface area contributed by atoms with Crippen molar-refractivity contribution in [3.05, 3.63) is 113 Å². The second-order valence-corrected chi connectivity index (χ2v) is 11.1. The van der Waals surface area contributed by atoms with Gasteiger partial charge in [-0.1, -0.05) is 60.7 Å². The van der Waals surface area contributed by atoms with E-state index in [9.17, 15) is 29.0 Å². The highest BCUT2D eigenvalue weighted by Crippen LogP contribution is 2.42. The van der Waals surface area contributed by atoms with Gasteiger partial charge in [0.25, 0.3) is 5.91 Å². The van der Waals surface area contributed by atoms with Crippen molar-refractivity contribution in [2.45, 2.75) is 51.5 Å². The number of hydrogen-bond acceptors (Lipinski definition) is 6. The molecular weight excluding hydrogens is 591 g/mol. The fourth-order valence-electron chi connectivity index (χ4n) is 5.36. The van der Waals surface area contributed by atoms with Crippen molar-refractivity contribution in [1.29, 1.82) is 0 Å². The van der Waals surface area contributed by atoms with Crippen molar-refractivity contribution in [1.82, 2.24) is 9.88 Å². The topological polar surface area (TPSA) is 138 Å². The second-order valence-electron chi connectivity index (χ2n) is 11.1. The van der Waals surface area contributed by atoms with Crippen molar-refractivity contribution in [3.63, 3.8) is 0 Å². The highest BCUT2D eigenvalue weighted by Gasteiger charge is 2.29. The van der Waals surface area contributed by atoms with Crippen molar-refractivity contribution >= 4 is 23.9 Å². The van der Waals surface area contributed by atoms with Gasteiger partial charge in [0.15, 0.2) is 0 Å². The summed E-state index contributed by atoms with van der Waals surface area (Å²) in [4.78, 5) is 37.3. The minimum Gasteiger partial charge on any atom is -0.481 e. The zero-order valence-electron chi connectivity index (χ0n) is 25.8. The molecule has 0 spiro atoms. The maximum absolute atomic E-state index is 14.2. The molecule has 240 valence electrons. The van der Waals surface area contributed by atoms with E-state index in [1.807, 2.05) is 48.7 Å². The molecule has 4 N–H and O–H groups in total. The van der Waals surface area contributed by atoms with Crippen LogP contribution in [0.25, 0.3) is 28.3 Å². The average Bonchev–Trinajstić information content (AvgIpc) is 3.38. The number of ether oxygens (including phenoxy) is 1. The zero-order valence-corrected chi connectivity index (χ0v) is 25.8. The molecule has 0 aliphatic carbocycles. The van der Waals surface area contributed by atoms with Crippen LogP contribution in [0.2, 0.25) is 0 Å². The molecule has 1 aromatic heterocycles. The Labute approximate surface area is 266 Å². The number of carbonyl (C=O) groups excluding carboxylic acids is 2. The summed E-state index contributed by atoms with van der Waals surface area (Å²) in [6.45, 7) is 3.92. The first-order chi connectivity index (χ1) is 22.0. The van der Waals surface area contributed by atoms with E-state index in [4.69, 9.17) is 9.84 Å². The highest BCUT2D eigenvalue weighted by molar-refractivity contribution is 6.06. The molecule has 0 bridgehead atoms. The normalized spacial score (nSPS) is 12.7. The van der Waals surface area contributed by atoms with E-state index < -0.39 is 42.3 Å². The highest BCUT2D eigenvalue weighted by atomic mass is 19.1. The number of nitrogens with one attached hydrogen (secondary N) is 1. The summed E-state index contributed by atoms with van der Waals surface area (Å²) in [5.74, 6) is -2.51. The summed E-state index contributed by atoms with van der Waals surface area (Å²) in [5.41, 5.74) is 4.46. The van der Waals surface area contributed by atoms with E-state index in [0.29, 0.717) is 39.2 Å². The lowest BCUT2D eigenvalue weighted by molar-refractivity contribution is -0.139. The van der Waals surface area contributed by atoms with Crippen LogP contribution in [0.3, 0.4) is 0 Å². The van der Waals surface area contributed by atoms with E-state index in [2.05, 4.69) is 5.32 Å². The number of aliphatic carboxylic acids is 1. The predicted octanol–water partition coefficient (Wildman–Crippen LogP) is 5.86. The van der Waals surface area contributed by atoms with Gasteiger partial charge in [0, 0.05) is 35.8 Å². The third-order valence-electron chi connectivity index (χ3n) is 7.37. The molecule has 1 amide bonds. The van der Waals surface area contributed by atoms with Crippen LogP contribution in [-0.2, 0) is 16.1 Å². The molecule has 0 saturated carbocycles. The molecule has 46 heavy (non-hydrogen) atoms. The molecule has 3 aromatic carbocycles. The number of amides is 1. The van der Waals surface area contributed by atoms with E-state index in [1.54, 1.807) is 42.5 Å². The minimum atomic E-state index is -1.26. The van der Waals surface area contributed by atoms with Crippen LogP contribution < -0.4 is 5.32 Å². The fourth-order valence-corrected chi connectivity index (χ4v) is 5.36. The van der Waals surface area contributed by atoms with Crippen LogP contribution in [0.15, 0.2) is 84.9 Å². The SMILES string of the molecule is COC(=O)c1cccc(CNC(=O)c2c(-c3ccccc3)c(-c3ccc(F)cc3)c(C=C[C@@H](O)C[C@@H](O)CC(=O)O)n2C(C)C)c1. The minimum absolute atomic E-state index is 0.110. The monoisotopic (exact) mass is 628 g/mol. The van der Waals surface area contributed by atoms with Gasteiger partial charge in [-0.2, -0.15) is 0 Å². The number of methoxy groups -OCH3 is 1. The Morgan fingerprint density at radius 1 is 0.935 bits per heavy atom. The summed E-state index contributed by atoms with van der Waals surface area (Å²) in [5, 5.41) is 32.8. The largest absolute Gasteiger partial charge is 0.481 e. The lowest BCUT2D eigenvalue weighted by Crippen LogP contribution is -2.27. The predicted molar refractivity (Wildman–Crippen MR) is 173 cm³/mol. The molecule has 4 aromatic rings. The molecule has 4 rings (SSSR count). The Kier molecular flexibility index (Phi) is 11.2. The van der Waals surface area contributed by atoms with Crippen LogP contribution in [-0.4, -0.2) is 57.1 Å². The van der Waals surface area contributed by atoms with Crippen molar-refractivity contribution in [2.24, 2.45) is 0 Å². The fraction of sp³-hybridized carbons (Fsp3) is 0.250. The van der Waals surface area contributed by atoms with Gasteiger partial charge >= 0.3 is 11.9 Å². The molecule has 9 nitrogen and oxygen atoms in total.